The molecule has 0 fully saturated rings. The Balaban J connectivity index is 2.97. The van der Waals surface area contributed by atoms with Gasteiger partial charge in [0.25, 0.3) is 0 Å². The van der Waals surface area contributed by atoms with Gasteiger partial charge < -0.3 is 11.1 Å². The third-order valence-corrected chi connectivity index (χ3v) is 3.75. The van der Waals surface area contributed by atoms with Crippen LogP contribution in [0.4, 0.5) is 5.13 Å². The summed E-state index contributed by atoms with van der Waals surface area (Å²) in [4.78, 5) is 5.76. The molecule has 3 nitrogen and oxygen atoms in total. The quantitative estimate of drug-likeness (QED) is 0.806. The highest BCUT2D eigenvalue weighted by atomic mass is 32.1. The van der Waals surface area contributed by atoms with Crippen LogP contribution in [0, 0.1) is 12.8 Å². The molecule has 0 aliphatic heterocycles. The Hall–Kier alpha value is -0.610. The highest BCUT2D eigenvalue weighted by Crippen LogP contribution is 2.33. The van der Waals surface area contributed by atoms with Crippen LogP contribution in [0.25, 0.3) is 0 Å². The van der Waals surface area contributed by atoms with Crippen LogP contribution in [-0.4, -0.2) is 18.6 Å². The molecule has 4 heteroatoms. The molecule has 1 unspecified atom stereocenters. The Morgan fingerprint density at radius 3 is 2.50 bits per heavy atom. The van der Waals surface area contributed by atoms with Crippen molar-refractivity contribution in [1.29, 1.82) is 0 Å². The van der Waals surface area contributed by atoms with Gasteiger partial charge in [0.2, 0.25) is 0 Å². The maximum atomic E-state index is 5.78. The van der Waals surface area contributed by atoms with Gasteiger partial charge in [-0.05, 0) is 12.8 Å². The smallest absolute Gasteiger partial charge is 0.182 e. The molecule has 80 valence electrons. The Labute approximate surface area is 89.7 Å². The van der Waals surface area contributed by atoms with Crippen LogP contribution in [0.3, 0.4) is 0 Å². The summed E-state index contributed by atoms with van der Waals surface area (Å²) in [6, 6.07) is 0. The summed E-state index contributed by atoms with van der Waals surface area (Å²) in [5.74, 6) is 1.01. The molecule has 14 heavy (non-hydrogen) atoms. The highest BCUT2D eigenvalue weighted by Gasteiger charge is 2.19. The Morgan fingerprint density at radius 2 is 2.14 bits per heavy atom. The summed E-state index contributed by atoms with van der Waals surface area (Å²) >= 11 is 1.72. The molecule has 0 saturated carbocycles. The SMILES string of the molecule is CNc1nc(C)c(C(CN)C(C)C)s1. The van der Waals surface area contributed by atoms with Gasteiger partial charge in [0.1, 0.15) is 0 Å². The van der Waals surface area contributed by atoms with Gasteiger partial charge >= 0.3 is 0 Å². The zero-order chi connectivity index (χ0) is 10.7. The fraction of sp³-hybridized carbons (Fsp3) is 0.700. The lowest BCUT2D eigenvalue weighted by Crippen LogP contribution is -2.17. The van der Waals surface area contributed by atoms with Crippen LogP contribution in [0.2, 0.25) is 0 Å². The molecule has 0 aliphatic carbocycles. The van der Waals surface area contributed by atoms with E-state index < -0.39 is 0 Å². The summed E-state index contributed by atoms with van der Waals surface area (Å²) < 4.78 is 0. The number of nitrogens with zero attached hydrogens (tertiary/aromatic N) is 1. The minimum Gasteiger partial charge on any atom is -0.365 e. The molecule has 0 aliphatic rings. The second-order valence-electron chi connectivity index (χ2n) is 3.80. The summed E-state index contributed by atoms with van der Waals surface area (Å²) in [6.45, 7) is 7.16. The van der Waals surface area contributed by atoms with E-state index in [2.05, 4.69) is 31.1 Å². The van der Waals surface area contributed by atoms with Crippen LogP contribution >= 0.6 is 11.3 Å². The first-order chi connectivity index (χ1) is 6.60. The van der Waals surface area contributed by atoms with Gasteiger partial charge in [-0.2, -0.15) is 0 Å². The van der Waals surface area contributed by atoms with Crippen molar-refractivity contribution in [3.8, 4) is 0 Å². The fourth-order valence-corrected chi connectivity index (χ4v) is 2.75. The first-order valence-electron chi connectivity index (χ1n) is 4.95. The van der Waals surface area contributed by atoms with Gasteiger partial charge in [0.05, 0.1) is 5.69 Å². The number of hydrogen-bond donors (Lipinski definition) is 2. The molecular formula is C10H19N3S. The van der Waals surface area contributed by atoms with Crippen LogP contribution < -0.4 is 11.1 Å². The molecule has 0 spiro atoms. The van der Waals surface area contributed by atoms with Crippen LogP contribution in [0.1, 0.15) is 30.3 Å². The maximum absolute atomic E-state index is 5.78. The molecule has 1 atom stereocenters. The summed E-state index contributed by atoms with van der Waals surface area (Å²) in [6.07, 6.45) is 0. The van der Waals surface area contributed by atoms with E-state index in [-0.39, 0.29) is 0 Å². The summed E-state index contributed by atoms with van der Waals surface area (Å²) in [5.41, 5.74) is 6.90. The summed E-state index contributed by atoms with van der Waals surface area (Å²) in [7, 11) is 1.90. The van der Waals surface area contributed by atoms with E-state index in [4.69, 9.17) is 5.73 Å². The average Bonchev–Trinajstić information content (AvgIpc) is 2.48. The van der Waals surface area contributed by atoms with Crippen molar-refractivity contribution in [3.63, 3.8) is 0 Å². The number of nitrogens with two attached hydrogens (primary N) is 1. The minimum atomic E-state index is 0.439. The first-order valence-corrected chi connectivity index (χ1v) is 5.77. The van der Waals surface area contributed by atoms with E-state index in [1.807, 2.05) is 7.05 Å². The van der Waals surface area contributed by atoms with Gasteiger partial charge in [0, 0.05) is 24.4 Å². The topological polar surface area (TPSA) is 50.9 Å². The number of thiazole rings is 1. The van der Waals surface area contributed by atoms with Crippen LogP contribution in [-0.2, 0) is 0 Å². The van der Waals surface area contributed by atoms with E-state index in [1.165, 1.54) is 4.88 Å². The number of hydrogen-bond acceptors (Lipinski definition) is 4. The standard InChI is InChI=1S/C10H19N3S/c1-6(2)8(5-11)9-7(3)13-10(12-4)14-9/h6,8H,5,11H2,1-4H3,(H,12,13). The summed E-state index contributed by atoms with van der Waals surface area (Å²) in [5, 5.41) is 4.06. The zero-order valence-electron chi connectivity index (χ0n) is 9.29. The van der Waals surface area contributed by atoms with Gasteiger partial charge in [-0.25, -0.2) is 4.98 Å². The largest absolute Gasteiger partial charge is 0.365 e. The molecule has 1 heterocycles. The van der Waals surface area contributed by atoms with E-state index >= 15 is 0 Å². The molecule has 1 aromatic heterocycles. The Kier molecular flexibility index (Phi) is 3.89. The average molecular weight is 213 g/mol. The molecule has 0 bridgehead atoms. The van der Waals surface area contributed by atoms with E-state index in [0.717, 1.165) is 10.8 Å². The van der Waals surface area contributed by atoms with Crippen molar-refractivity contribution >= 4 is 16.5 Å². The number of aromatic nitrogens is 1. The lowest BCUT2D eigenvalue weighted by molar-refractivity contribution is 0.510. The second-order valence-corrected chi connectivity index (χ2v) is 4.84. The number of aryl methyl sites for hydroxylation is 1. The predicted octanol–water partition coefficient (Wildman–Crippen LogP) is 2.19. The van der Waals surface area contributed by atoms with Gasteiger partial charge in [-0.1, -0.05) is 13.8 Å². The number of rotatable bonds is 4. The van der Waals surface area contributed by atoms with Gasteiger partial charge in [0.15, 0.2) is 5.13 Å². The van der Waals surface area contributed by atoms with Crippen molar-refractivity contribution in [2.75, 3.05) is 18.9 Å². The monoisotopic (exact) mass is 213 g/mol. The molecule has 1 rings (SSSR count). The Morgan fingerprint density at radius 1 is 1.50 bits per heavy atom. The molecule has 3 N–H and O–H groups in total. The highest BCUT2D eigenvalue weighted by molar-refractivity contribution is 7.15. The molecule has 0 saturated heterocycles. The van der Waals surface area contributed by atoms with Gasteiger partial charge in [-0.15, -0.1) is 11.3 Å². The van der Waals surface area contributed by atoms with Crippen molar-refractivity contribution in [3.05, 3.63) is 10.6 Å². The molecular weight excluding hydrogens is 194 g/mol. The molecule has 0 amide bonds. The van der Waals surface area contributed by atoms with E-state index in [0.29, 0.717) is 18.4 Å². The van der Waals surface area contributed by atoms with Crippen LogP contribution in [0.15, 0.2) is 0 Å². The lowest BCUT2D eigenvalue weighted by Gasteiger charge is -2.17. The minimum absolute atomic E-state index is 0.439. The van der Waals surface area contributed by atoms with Crippen molar-refractivity contribution < 1.29 is 0 Å². The normalized spacial score (nSPS) is 13.3. The third-order valence-electron chi connectivity index (χ3n) is 2.44. The third kappa shape index (κ3) is 2.25. The van der Waals surface area contributed by atoms with Crippen molar-refractivity contribution in [2.24, 2.45) is 11.7 Å². The van der Waals surface area contributed by atoms with Gasteiger partial charge in [-0.3, -0.25) is 0 Å². The second kappa shape index (κ2) is 4.75. The lowest BCUT2D eigenvalue weighted by atomic mass is 9.94. The van der Waals surface area contributed by atoms with Crippen LogP contribution in [0.5, 0.6) is 0 Å². The Bertz CT molecular complexity index is 294. The van der Waals surface area contributed by atoms with E-state index in [1.54, 1.807) is 11.3 Å². The maximum Gasteiger partial charge on any atom is 0.182 e. The molecule has 0 radical (unpaired) electrons. The first kappa shape index (κ1) is 11.5. The van der Waals surface area contributed by atoms with E-state index in [9.17, 15) is 0 Å². The van der Waals surface area contributed by atoms with Crippen molar-refractivity contribution in [1.82, 2.24) is 4.98 Å². The molecule has 0 aromatic carbocycles. The number of nitrogens with one attached hydrogen (secondary N) is 1. The number of anilines is 1. The predicted molar refractivity (Wildman–Crippen MR) is 63.0 cm³/mol. The molecule has 1 aromatic rings. The van der Waals surface area contributed by atoms with Crippen molar-refractivity contribution in [2.45, 2.75) is 26.7 Å². The zero-order valence-corrected chi connectivity index (χ0v) is 10.1. The fourth-order valence-electron chi connectivity index (χ4n) is 1.54.